The van der Waals surface area contributed by atoms with Gasteiger partial charge in [0.15, 0.2) is 11.6 Å². The zero-order valence-corrected chi connectivity index (χ0v) is 12.1. The van der Waals surface area contributed by atoms with E-state index in [-0.39, 0.29) is 22.9 Å². The molecule has 0 radical (unpaired) electrons. The van der Waals surface area contributed by atoms with Crippen molar-refractivity contribution in [3.63, 3.8) is 0 Å². The molecule has 0 atom stereocenters. The van der Waals surface area contributed by atoms with E-state index in [9.17, 15) is 4.39 Å². The first-order chi connectivity index (χ1) is 10.7. The molecule has 22 heavy (non-hydrogen) atoms. The Hall–Kier alpha value is -2.64. The van der Waals surface area contributed by atoms with E-state index >= 15 is 0 Å². The molecule has 1 heterocycles. The van der Waals surface area contributed by atoms with Crippen molar-refractivity contribution in [3.05, 3.63) is 70.6 Å². The summed E-state index contributed by atoms with van der Waals surface area (Å²) in [6.07, 6.45) is 1.33. The summed E-state index contributed by atoms with van der Waals surface area (Å²) in [7, 11) is 0. The number of ether oxygens (including phenoxy) is 1. The lowest BCUT2D eigenvalue weighted by Gasteiger charge is -2.09. The van der Waals surface area contributed by atoms with Gasteiger partial charge in [-0.25, -0.2) is 4.39 Å². The standard InChI is InChI=1S/C17H10ClFN2O/c18-17-12(8-20)9-21-15-7-14(19)16(6-13(15)17)22-10-11-4-2-1-3-5-11/h1-7,9H,10H2. The third kappa shape index (κ3) is 2.72. The molecule has 3 aromatic rings. The van der Waals surface area contributed by atoms with Gasteiger partial charge in [0, 0.05) is 17.6 Å². The van der Waals surface area contributed by atoms with Crippen molar-refractivity contribution in [1.29, 1.82) is 5.26 Å². The van der Waals surface area contributed by atoms with Gasteiger partial charge in [0.2, 0.25) is 0 Å². The molecule has 0 aliphatic rings. The quantitative estimate of drug-likeness (QED) is 0.716. The van der Waals surface area contributed by atoms with E-state index in [1.165, 1.54) is 18.3 Å². The molecule has 0 saturated heterocycles. The van der Waals surface area contributed by atoms with E-state index in [2.05, 4.69) is 4.98 Å². The Morgan fingerprint density at radius 3 is 2.73 bits per heavy atom. The molecule has 0 saturated carbocycles. The van der Waals surface area contributed by atoms with Crippen LogP contribution in [0, 0.1) is 17.1 Å². The summed E-state index contributed by atoms with van der Waals surface area (Å²) in [4.78, 5) is 4.03. The fourth-order valence-corrected chi connectivity index (χ4v) is 2.33. The molecule has 0 fully saturated rings. The number of aromatic nitrogens is 1. The fraction of sp³-hybridized carbons (Fsp3) is 0.0588. The zero-order valence-electron chi connectivity index (χ0n) is 11.4. The van der Waals surface area contributed by atoms with Crippen LogP contribution in [0.25, 0.3) is 10.9 Å². The Kier molecular flexibility index (Phi) is 3.90. The van der Waals surface area contributed by atoms with Crippen LogP contribution in [0.4, 0.5) is 4.39 Å². The van der Waals surface area contributed by atoms with Gasteiger partial charge in [-0.1, -0.05) is 41.9 Å². The van der Waals surface area contributed by atoms with Crippen LogP contribution in [0.15, 0.2) is 48.7 Å². The van der Waals surface area contributed by atoms with Gasteiger partial charge in [-0.2, -0.15) is 5.26 Å². The SMILES string of the molecule is N#Cc1cnc2cc(F)c(OCc3ccccc3)cc2c1Cl. The van der Waals surface area contributed by atoms with E-state index in [0.717, 1.165) is 5.56 Å². The molecule has 0 bridgehead atoms. The van der Waals surface area contributed by atoms with E-state index in [1.54, 1.807) is 0 Å². The minimum atomic E-state index is -0.517. The van der Waals surface area contributed by atoms with Crippen molar-refractivity contribution in [2.24, 2.45) is 0 Å². The first-order valence-electron chi connectivity index (χ1n) is 6.53. The number of fused-ring (bicyclic) bond motifs is 1. The molecule has 2 aromatic carbocycles. The molecule has 0 aliphatic heterocycles. The van der Waals surface area contributed by atoms with Crippen LogP contribution in [-0.4, -0.2) is 4.98 Å². The van der Waals surface area contributed by atoms with E-state index < -0.39 is 5.82 Å². The summed E-state index contributed by atoms with van der Waals surface area (Å²) < 4.78 is 19.6. The highest BCUT2D eigenvalue weighted by atomic mass is 35.5. The number of hydrogen-bond donors (Lipinski definition) is 0. The maximum absolute atomic E-state index is 14.1. The number of pyridine rings is 1. The normalized spacial score (nSPS) is 10.4. The van der Waals surface area contributed by atoms with E-state index in [0.29, 0.717) is 10.9 Å². The Morgan fingerprint density at radius 1 is 1.23 bits per heavy atom. The first-order valence-corrected chi connectivity index (χ1v) is 6.91. The number of rotatable bonds is 3. The maximum atomic E-state index is 14.1. The lowest BCUT2D eigenvalue weighted by molar-refractivity contribution is 0.291. The van der Waals surface area contributed by atoms with Crippen LogP contribution in [0.5, 0.6) is 5.75 Å². The average Bonchev–Trinajstić information content (AvgIpc) is 2.55. The Morgan fingerprint density at radius 2 is 2.00 bits per heavy atom. The predicted molar refractivity (Wildman–Crippen MR) is 82.2 cm³/mol. The smallest absolute Gasteiger partial charge is 0.167 e. The Labute approximate surface area is 131 Å². The van der Waals surface area contributed by atoms with Gasteiger partial charge in [-0.3, -0.25) is 4.98 Å². The number of nitrogens with zero attached hydrogens (tertiary/aromatic N) is 2. The van der Waals surface area contributed by atoms with Crippen LogP contribution in [-0.2, 0) is 6.61 Å². The topological polar surface area (TPSA) is 45.9 Å². The Balaban J connectivity index is 1.97. The number of halogens is 2. The summed E-state index contributed by atoms with van der Waals surface area (Å²) in [5, 5.41) is 9.71. The molecular weight excluding hydrogens is 303 g/mol. The Bertz CT molecular complexity index is 875. The lowest BCUT2D eigenvalue weighted by atomic mass is 10.1. The predicted octanol–water partition coefficient (Wildman–Crippen LogP) is 4.48. The van der Waals surface area contributed by atoms with Gasteiger partial charge < -0.3 is 4.74 Å². The van der Waals surface area contributed by atoms with Gasteiger partial charge >= 0.3 is 0 Å². The molecule has 1 aromatic heterocycles. The van der Waals surface area contributed by atoms with Crippen LogP contribution in [0.3, 0.4) is 0 Å². The molecule has 5 heteroatoms. The van der Waals surface area contributed by atoms with Crippen LogP contribution in [0.2, 0.25) is 5.02 Å². The van der Waals surface area contributed by atoms with Gasteiger partial charge in [-0.05, 0) is 11.6 Å². The molecule has 0 aliphatic carbocycles. The number of hydrogen-bond acceptors (Lipinski definition) is 3. The summed E-state index contributed by atoms with van der Waals surface area (Å²) >= 11 is 6.14. The van der Waals surface area contributed by atoms with Crippen molar-refractivity contribution in [2.75, 3.05) is 0 Å². The van der Waals surface area contributed by atoms with Crippen LogP contribution >= 0.6 is 11.6 Å². The van der Waals surface area contributed by atoms with Gasteiger partial charge in [-0.15, -0.1) is 0 Å². The van der Waals surface area contributed by atoms with E-state index in [1.807, 2.05) is 36.4 Å². The molecule has 0 spiro atoms. The van der Waals surface area contributed by atoms with Crippen molar-refractivity contribution in [3.8, 4) is 11.8 Å². The van der Waals surface area contributed by atoms with Gasteiger partial charge in [0.1, 0.15) is 12.7 Å². The second kappa shape index (κ2) is 6.00. The molecule has 0 N–H and O–H groups in total. The molecule has 0 unspecified atom stereocenters. The highest BCUT2D eigenvalue weighted by Crippen LogP contribution is 2.31. The monoisotopic (exact) mass is 312 g/mol. The first kappa shape index (κ1) is 14.3. The molecule has 108 valence electrons. The van der Waals surface area contributed by atoms with Crippen molar-refractivity contribution < 1.29 is 9.13 Å². The number of benzene rings is 2. The molecule has 3 nitrogen and oxygen atoms in total. The summed E-state index contributed by atoms with van der Waals surface area (Å²) in [6.45, 7) is 0.242. The van der Waals surface area contributed by atoms with Crippen LogP contribution in [0.1, 0.15) is 11.1 Å². The fourth-order valence-electron chi connectivity index (χ4n) is 2.09. The summed E-state index contributed by atoms with van der Waals surface area (Å²) in [5.41, 5.74) is 1.56. The summed E-state index contributed by atoms with van der Waals surface area (Å²) in [5.74, 6) is -0.438. The van der Waals surface area contributed by atoms with Crippen molar-refractivity contribution in [1.82, 2.24) is 4.98 Å². The zero-order chi connectivity index (χ0) is 15.5. The second-order valence-electron chi connectivity index (χ2n) is 4.67. The molecule has 3 rings (SSSR count). The third-order valence-corrected chi connectivity index (χ3v) is 3.62. The van der Waals surface area contributed by atoms with E-state index in [4.69, 9.17) is 21.6 Å². The lowest BCUT2D eigenvalue weighted by Crippen LogP contribution is -1.98. The van der Waals surface area contributed by atoms with Gasteiger partial charge in [0.05, 0.1) is 16.1 Å². The average molecular weight is 313 g/mol. The number of nitriles is 1. The minimum Gasteiger partial charge on any atom is -0.486 e. The summed E-state index contributed by atoms with van der Waals surface area (Å²) in [6, 6.07) is 14.1. The highest BCUT2D eigenvalue weighted by molar-refractivity contribution is 6.36. The minimum absolute atomic E-state index is 0.0788. The molecular formula is C17H10ClFN2O. The van der Waals surface area contributed by atoms with Crippen LogP contribution < -0.4 is 4.74 Å². The molecule has 0 amide bonds. The van der Waals surface area contributed by atoms with Gasteiger partial charge in [0.25, 0.3) is 0 Å². The largest absolute Gasteiger partial charge is 0.486 e. The van der Waals surface area contributed by atoms with Crippen molar-refractivity contribution >= 4 is 22.5 Å². The third-order valence-electron chi connectivity index (χ3n) is 3.21. The van der Waals surface area contributed by atoms with Crippen molar-refractivity contribution in [2.45, 2.75) is 6.61 Å². The maximum Gasteiger partial charge on any atom is 0.167 e. The second-order valence-corrected chi connectivity index (χ2v) is 5.05. The highest BCUT2D eigenvalue weighted by Gasteiger charge is 2.12.